The second kappa shape index (κ2) is 5.95. The fourth-order valence-corrected chi connectivity index (χ4v) is 3.03. The molecule has 3 N–H and O–H groups in total. The third-order valence-corrected chi connectivity index (χ3v) is 4.29. The van der Waals surface area contributed by atoms with E-state index in [2.05, 4.69) is 20.4 Å². The lowest BCUT2D eigenvalue weighted by Gasteiger charge is -2.27. The fraction of sp³-hybridized carbons (Fsp3) is 0.533. The van der Waals surface area contributed by atoms with Crippen molar-refractivity contribution in [2.75, 3.05) is 17.6 Å². The third kappa shape index (κ3) is 2.78. The van der Waals surface area contributed by atoms with Crippen LogP contribution >= 0.6 is 0 Å². The van der Waals surface area contributed by atoms with Crippen LogP contribution in [0.4, 0.5) is 24.9 Å². The number of aromatic nitrogens is 4. The first-order chi connectivity index (χ1) is 11.3. The molecule has 24 heavy (non-hydrogen) atoms. The molecule has 1 saturated carbocycles. The highest BCUT2D eigenvalue weighted by atomic mass is 19.4. The molecule has 0 atom stereocenters. The molecule has 2 heterocycles. The monoisotopic (exact) mass is 340 g/mol. The third-order valence-electron chi connectivity index (χ3n) is 4.29. The predicted octanol–water partition coefficient (Wildman–Crippen LogP) is 3.18. The average Bonchev–Trinajstić information content (AvgIpc) is 2.77. The molecule has 0 spiro atoms. The lowest BCUT2D eigenvalue weighted by Crippen LogP contribution is -2.18. The van der Waals surface area contributed by atoms with E-state index in [1.165, 1.54) is 6.20 Å². The number of nitrogens with zero attached hydrogens (tertiary/aromatic N) is 4. The van der Waals surface area contributed by atoms with Gasteiger partial charge in [0.15, 0.2) is 0 Å². The number of hydrogen-bond acceptors (Lipinski definition) is 5. The van der Waals surface area contributed by atoms with Crippen LogP contribution in [0.5, 0.6) is 0 Å². The first-order valence-corrected chi connectivity index (χ1v) is 7.83. The summed E-state index contributed by atoms with van der Waals surface area (Å²) in [7, 11) is 1.74. The minimum absolute atomic E-state index is 0.197. The maximum absolute atomic E-state index is 13.7. The SMILES string of the molecule is CCNc1nc(N)nc(-c2cnn(C)c2C2CCC2)c1C(F)(F)F. The van der Waals surface area contributed by atoms with Crippen LogP contribution < -0.4 is 11.1 Å². The van der Waals surface area contributed by atoms with Crippen molar-refractivity contribution in [3.63, 3.8) is 0 Å². The fourth-order valence-electron chi connectivity index (χ4n) is 3.03. The Labute approximate surface area is 137 Å². The van der Waals surface area contributed by atoms with Gasteiger partial charge in [-0.15, -0.1) is 0 Å². The zero-order valence-electron chi connectivity index (χ0n) is 13.5. The van der Waals surface area contributed by atoms with Gasteiger partial charge in [-0.05, 0) is 19.8 Å². The van der Waals surface area contributed by atoms with Crippen molar-refractivity contribution < 1.29 is 13.2 Å². The Kier molecular flexibility index (Phi) is 4.10. The van der Waals surface area contributed by atoms with Gasteiger partial charge in [-0.25, -0.2) is 4.98 Å². The Bertz CT molecular complexity index is 748. The van der Waals surface area contributed by atoms with E-state index in [0.29, 0.717) is 12.1 Å². The van der Waals surface area contributed by atoms with Crippen molar-refractivity contribution in [2.45, 2.75) is 38.3 Å². The van der Waals surface area contributed by atoms with E-state index in [4.69, 9.17) is 5.73 Å². The minimum atomic E-state index is -4.60. The quantitative estimate of drug-likeness (QED) is 0.893. The van der Waals surface area contributed by atoms with E-state index in [-0.39, 0.29) is 23.4 Å². The molecule has 2 aromatic heterocycles. The molecule has 3 rings (SSSR count). The molecule has 1 aliphatic carbocycles. The standard InChI is InChI=1S/C15H19F3N6/c1-3-20-13-10(15(16,17)18)11(22-14(19)23-13)9-7-21-24(2)12(9)8-5-4-6-8/h7-8H,3-6H2,1-2H3,(H3,19,20,22,23). The number of halogens is 3. The first-order valence-electron chi connectivity index (χ1n) is 7.83. The van der Waals surface area contributed by atoms with Crippen LogP contribution in [-0.2, 0) is 13.2 Å². The Balaban J connectivity index is 2.24. The van der Waals surface area contributed by atoms with Crippen LogP contribution in [0.15, 0.2) is 6.20 Å². The van der Waals surface area contributed by atoms with Crippen LogP contribution in [0.25, 0.3) is 11.3 Å². The molecular formula is C15H19F3N6. The van der Waals surface area contributed by atoms with Crippen molar-refractivity contribution in [1.29, 1.82) is 0 Å². The molecular weight excluding hydrogens is 321 g/mol. The highest BCUT2D eigenvalue weighted by Gasteiger charge is 2.40. The van der Waals surface area contributed by atoms with Crippen LogP contribution in [0.1, 0.15) is 43.4 Å². The van der Waals surface area contributed by atoms with Gasteiger partial charge in [-0.1, -0.05) is 6.42 Å². The molecule has 0 aromatic carbocycles. The normalized spacial score (nSPS) is 15.4. The largest absolute Gasteiger partial charge is 0.422 e. The van der Waals surface area contributed by atoms with Gasteiger partial charge in [0.2, 0.25) is 5.95 Å². The molecule has 0 radical (unpaired) electrons. The molecule has 130 valence electrons. The number of rotatable bonds is 4. The molecule has 9 heteroatoms. The maximum Gasteiger partial charge on any atom is 0.422 e. The van der Waals surface area contributed by atoms with Crippen molar-refractivity contribution in [2.24, 2.45) is 7.05 Å². The number of alkyl halides is 3. The van der Waals surface area contributed by atoms with Gasteiger partial charge in [0, 0.05) is 25.1 Å². The number of nitrogens with two attached hydrogens (primary N) is 1. The summed E-state index contributed by atoms with van der Waals surface area (Å²) < 4.78 is 42.7. The topological polar surface area (TPSA) is 81.7 Å². The second-order valence-corrected chi connectivity index (χ2v) is 5.88. The van der Waals surface area contributed by atoms with Gasteiger partial charge >= 0.3 is 6.18 Å². The molecule has 1 aliphatic rings. The number of nitrogens with one attached hydrogen (secondary N) is 1. The van der Waals surface area contributed by atoms with Crippen LogP contribution in [-0.4, -0.2) is 26.3 Å². The van der Waals surface area contributed by atoms with Crippen LogP contribution in [0.3, 0.4) is 0 Å². The summed E-state index contributed by atoms with van der Waals surface area (Å²) in [5.74, 6) is -0.291. The lowest BCUT2D eigenvalue weighted by molar-refractivity contribution is -0.136. The summed E-state index contributed by atoms with van der Waals surface area (Å²) >= 11 is 0. The Morgan fingerprint density at radius 3 is 2.58 bits per heavy atom. The van der Waals surface area contributed by atoms with Gasteiger partial charge in [0.05, 0.1) is 17.6 Å². The summed E-state index contributed by atoms with van der Waals surface area (Å²) in [5, 5.41) is 6.79. The lowest BCUT2D eigenvalue weighted by atomic mass is 9.81. The predicted molar refractivity (Wildman–Crippen MR) is 84.4 cm³/mol. The summed E-state index contributed by atoms with van der Waals surface area (Å²) in [6.45, 7) is 1.99. The average molecular weight is 340 g/mol. The minimum Gasteiger partial charge on any atom is -0.370 e. The van der Waals surface area contributed by atoms with E-state index < -0.39 is 11.7 Å². The highest BCUT2D eigenvalue weighted by molar-refractivity contribution is 5.73. The Morgan fingerprint density at radius 1 is 1.33 bits per heavy atom. The summed E-state index contributed by atoms with van der Waals surface area (Å²) in [6, 6.07) is 0. The van der Waals surface area contributed by atoms with Crippen LogP contribution in [0, 0.1) is 0 Å². The van der Waals surface area contributed by atoms with Gasteiger partial charge in [-0.3, -0.25) is 4.68 Å². The van der Waals surface area contributed by atoms with Crippen molar-refractivity contribution in [1.82, 2.24) is 19.7 Å². The molecule has 0 amide bonds. The van der Waals surface area contributed by atoms with Gasteiger partial charge < -0.3 is 11.1 Å². The summed E-state index contributed by atoms with van der Waals surface area (Å²) in [5.41, 5.74) is 5.71. The zero-order chi connectivity index (χ0) is 17.5. The number of aryl methyl sites for hydroxylation is 1. The van der Waals surface area contributed by atoms with Gasteiger partial charge in [-0.2, -0.15) is 23.3 Å². The van der Waals surface area contributed by atoms with Gasteiger partial charge in [0.25, 0.3) is 0 Å². The molecule has 0 unspecified atom stereocenters. The van der Waals surface area contributed by atoms with E-state index in [1.807, 2.05) is 0 Å². The van der Waals surface area contributed by atoms with E-state index >= 15 is 0 Å². The molecule has 0 bridgehead atoms. The zero-order valence-corrected chi connectivity index (χ0v) is 13.5. The number of anilines is 2. The van der Waals surface area contributed by atoms with Crippen molar-refractivity contribution in [3.05, 3.63) is 17.5 Å². The summed E-state index contributed by atoms with van der Waals surface area (Å²) in [6.07, 6.45) is -0.230. The van der Waals surface area contributed by atoms with E-state index in [0.717, 1.165) is 25.0 Å². The van der Waals surface area contributed by atoms with Crippen LogP contribution in [0.2, 0.25) is 0 Å². The number of hydrogen-bond donors (Lipinski definition) is 2. The van der Waals surface area contributed by atoms with E-state index in [9.17, 15) is 13.2 Å². The molecule has 2 aromatic rings. The van der Waals surface area contributed by atoms with Crippen molar-refractivity contribution in [3.8, 4) is 11.3 Å². The van der Waals surface area contributed by atoms with Crippen molar-refractivity contribution >= 4 is 11.8 Å². The molecule has 1 fully saturated rings. The smallest absolute Gasteiger partial charge is 0.370 e. The Hall–Kier alpha value is -2.32. The molecule has 6 nitrogen and oxygen atoms in total. The first kappa shape index (κ1) is 16.5. The Morgan fingerprint density at radius 2 is 2.04 bits per heavy atom. The highest BCUT2D eigenvalue weighted by Crippen LogP contribution is 2.45. The summed E-state index contributed by atoms with van der Waals surface area (Å²) in [4.78, 5) is 7.66. The molecule has 0 saturated heterocycles. The molecule has 0 aliphatic heterocycles. The van der Waals surface area contributed by atoms with E-state index in [1.54, 1.807) is 18.7 Å². The second-order valence-electron chi connectivity index (χ2n) is 5.88. The van der Waals surface area contributed by atoms with Gasteiger partial charge in [0.1, 0.15) is 11.4 Å². The maximum atomic E-state index is 13.7. The number of nitrogen functional groups attached to an aromatic ring is 1.